The topological polar surface area (TPSA) is 55.1 Å². The minimum Gasteiger partial charge on any atom is -0.370 e. The maximum atomic E-state index is 13.2. The first-order valence-electron chi connectivity index (χ1n) is 5.74. The lowest BCUT2D eigenvalue weighted by atomic mass is 10.1. The van der Waals surface area contributed by atoms with E-state index in [1.807, 2.05) is 0 Å². The fraction of sp³-hybridized carbons (Fsp3) is 0.0714. The summed E-state index contributed by atoms with van der Waals surface area (Å²) in [5.41, 5.74) is 6.21. The number of nitrogens with two attached hydrogens (primary N) is 1. The number of carbonyl (C=O) groups excluding carboxylic acids is 1. The van der Waals surface area contributed by atoms with E-state index in [1.54, 1.807) is 24.3 Å². The maximum Gasteiger partial charge on any atom is 0.244 e. The molecule has 0 aliphatic rings. The number of hydrogen-bond donors (Lipinski definition) is 2. The minimum atomic E-state index is -1.02. The second-order valence-corrected chi connectivity index (χ2v) is 5.08. The first-order valence-corrected chi connectivity index (χ1v) is 6.53. The van der Waals surface area contributed by atoms with Crippen molar-refractivity contribution in [3.63, 3.8) is 0 Å². The van der Waals surface area contributed by atoms with Crippen molar-refractivity contribution >= 4 is 27.5 Å². The Morgan fingerprint density at radius 2 is 1.75 bits per heavy atom. The Morgan fingerprint density at radius 3 is 2.30 bits per heavy atom. The van der Waals surface area contributed by atoms with Crippen LogP contribution in [0.25, 0.3) is 0 Å². The average molecular weight is 341 g/mol. The predicted molar refractivity (Wildman–Crippen MR) is 76.1 cm³/mol. The van der Waals surface area contributed by atoms with Crippen LogP contribution in [0.1, 0.15) is 11.6 Å². The summed E-state index contributed by atoms with van der Waals surface area (Å²) in [6, 6.07) is 9.34. The molecule has 3 N–H and O–H groups in total. The summed E-state index contributed by atoms with van der Waals surface area (Å²) in [5, 5.41) is 2.88. The van der Waals surface area contributed by atoms with Crippen LogP contribution in [0.2, 0.25) is 0 Å². The van der Waals surface area contributed by atoms with Crippen molar-refractivity contribution in [2.24, 2.45) is 5.73 Å². The lowest BCUT2D eigenvalue weighted by Gasteiger charge is -2.17. The summed E-state index contributed by atoms with van der Waals surface area (Å²) in [7, 11) is 0. The van der Waals surface area contributed by atoms with Gasteiger partial charge >= 0.3 is 0 Å². The van der Waals surface area contributed by atoms with Gasteiger partial charge in [-0.05, 0) is 42.0 Å². The molecule has 1 amide bonds. The van der Waals surface area contributed by atoms with Crippen LogP contribution in [-0.2, 0) is 4.79 Å². The van der Waals surface area contributed by atoms with Crippen molar-refractivity contribution < 1.29 is 13.6 Å². The maximum absolute atomic E-state index is 13.2. The second-order valence-electron chi connectivity index (χ2n) is 4.16. The van der Waals surface area contributed by atoms with Crippen LogP contribution in [0.3, 0.4) is 0 Å². The molecule has 0 aromatic heterocycles. The van der Waals surface area contributed by atoms with E-state index in [9.17, 15) is 13.6 Å². The highest BCUT2D eigenvalue weighted by atomic mass is 79.9. The molecule has 2 aromatic carbocycles. The smallest absolute Gasteiger partial charge is 0.244 e. The fourth-order valence-corrected chi connectivity index (χ4v) is 1.99. The highest BCUT2D eigenvalue weighted by molar-refractivity contribution is 9.10. The van der Waals surface area contributed by atoms with Gasteiger partial charge in [-0.2, -0.15) is 0 Å². The average Bonchev–Trinajstić information content (AvgIpc) is 2.41. The van der Waals surface area contributed by atoms with E-state index in [-0.39, 0.29) is 5.56 Å². The van der Waals surface area contributed by atoms with Crippen molar-refractivity contribution in [1.29, 1.82) is 0 Å². The highest BCUT2D eigenvalue weighted by Gasteiger charge is 2.19. The van der Waals surface area contributed by atoms with Gasteiger partial charge in [0.15, 0.2) is 11.6 Å². The zero-order valence-corrected chi connectivity index (χ0v) is 11.8. The summed E-state index contributed by atoms with van der Waals surface area (Å²) in [6.45, 7) is 0. The van der Waals surface area contributed by atoms with Gasteiger partial charge in [-0.25, -0.2) is 8.78 Å². The molecule has 0 aliphatic heterocycles. The zero-order valence-electron chi connectivity index (χ0n) is 10.2. The number of hydrogen-bond acceptors (Lipinski definition) is 2. The molecule has 1 unspecified atom stereocenters. The molecule has 3 nitrogen and oxygen atoms in total. The van der Waals surface area contributed by atoms with Crippen LogP contribution in [0.5, 0.6) is 0 Å². The molecule has 0 aliphatic carbocycles. The van der Waals surface area contributed by atoms with Crippen LogP contribution in [0.15, 0.2) is 46.9 Å². The molecular weight excluding hydrogens is 330 g/mol. The lowest BCUT2D eigenvalue weighted by molar-refractivity contribution is -0.118. The van der Waals surface area contributed by atoms with Crippen LogP contribution < -0.4 is 11.1 Å². The van der Waals surface area contributed by atoms with Crippen LogP contribution in [-0.4, -0.2) is 5.91 Å². The van der Waals surface area contributed by atoms with E-state index in [0.29, 0.717) is 5.69 Å². The van der Waals surface area contributed by atoms with E-state index in [0.717, 1.165) is 16.6 Å². The number of halogens is 3. The monoisotopic (exact) mass is 340 g/mol. The van der Waals surface area contributed by atoms with E-state index in [2.05, 4.69) is 21.2 Å². The van der Waals surface area contributed by atoms with E-state index in [4.69, 9.17) is 5.73 Å². The first-order chi connectivity index (χ1) is 9.47. The van der Waals surface area contributed by atoms with Crippen molar-refractivity contribution in [2.45, 2.75) is 6.04 Å². The summed E-state index contributed by atoms with van der Waals surface area (Å²) < 4.78 is 27.0. The summed E-state index contributed by atoms with van der Waals surface area (Å²) in [5.74, 6) is -2.68. The normalized spacial score (nSPS) is 11.9. The van der Waals surface area contributed by atoms with E-state index >= 15 is 0 Å². The molecule has 104 valence electrons. The standard InChI is InChI=1S/C14H11BrF2N2O/c15-9-2-4-10(5-3-9)19-13(14(18)20)8-1-6-11(16)12(17)7-8/h1-7,13,19H,(H2,18,20). The molecule has 0 saturated carbocycles. The van der Waals surface area contributed by atoms with Gasteiger partial charge < -0.3 is 11.1 Å². The van der Waals surface area contributed by atoms with Crippen molar-refractivity contribution in [3.8, 4) is 0 Å². The Kier molecular flexibility index (Phi) is 4.34. The Labute approximate surface area is 122 Å². The van der Waals surface area contributed by atoms with Crippen LogP contribution in [0.4, 0.5) is 14.5 Å². The third-order valence-electron chi connectivity index (χ3n) is 2.72. The van der Waals surface area contributed by atoms with Gasteiger partial charge in [0, 0.05) is 10.2 Å². The number of rotatable bonds is 4. The van der Waals surface area contributed by atoms with Gasteiger partial charge in [0.2, 0.25) is 5.91 Å². The molecule has 0 fully saturated rings. The fourth-order valence-electron chi connectivity index (χ4n) is 1.72. The number of primary amides is 1. The molecule has 0 bridgehead atoms. The number of anilines is 1. The van der Waals surface area contributed by atoms with Gasteiger partial charge in [0.1, 0.15) is 6.04 Å². The lowest BCUT2D eigenvalue weighted by Crippen LogP contribution is -2.27. The molecule has 1 atom stereocenters. The van der Waals surface area contributed by atoms with Crippen LogP contribution >= 0.6 is 15.9 Å². The largest absolute Gasteiger partial charge is 0.370 e. The number of carbonyl (C=O) groups is 1. The molecule has 2 aromatic rings. The first kappa shape index (κ1) is 14.5. The van der Waals surface area contributed by atoms with Crippen molar-refractivity contribution in [2.75, 3.05) is 5.32 Å². The van der Waals surface area contributed by atoms with Crippen LogP contribution in [0, 0.1) is 11.6 Å². The zero-order chi connectivity index (χ0) is 14.7. The Hall–Kier alpha value is -1.95. The number of benzene rings is 2. The summed E-state index contributed by atoms with van der Waals surface area (Å²) in [6.07, 6.45) is 0. The minimum absolute atomic E-state index is 0.263. The van der Waals surface area contributed by atoms with Gasteiger partial charge in [0.25, 0.3) is 0 Å². The summed E-state index contributed by atoms with van der Waals surface area (Å²) in [4.78, 5) is 11.5. The molecule has 0 radical (unpaired) electrons. The second kappa shape index (κ2) is 6.00. The quantitative estimate of drug-likeness (QED) is 0.896. The molecular formula is C14H11BrF2N2O. The molecule has 0 heterocycles. The molecule has 0 spiro atoms. The molecule has 0 saturated heterocycles. The SMILES string of the molecule is NC(=O)C(Nc1ccc(Br)cc1)c1ccc(F)c(F)c1. The van der Waals surface area contributed by atoms with Gasteiger partial charge in [0.05, 0.1) is 0 Å². The number of nitrogens with one attached hydrogen (secondary N) is 1. The highest BCUT2D eigenvalue weighted by Crippen LogP contribution is 2.22. The van der Waals surface area contributed by atoms with E-state index in [1.165, 1.54) is 6.07 Å². The third kappa shape index (κ3) is 3.33. The molecule has 2 rings (SSSR count). The Bertz CT molecular complexity index is 632. The summed E-state index contributed by atoms with van der Waals surface area (Å²) >= 11 is 3.29. The molecule has 6 heteroatoms. The number of amides is 1. The predicted octanol–water partition coefficient (Wildman–Crippen LogP) is 3.37. The van der Waals surface area contributed by atoms with Gasteiger partial charge in [-0.1, -0.05) is 22.0 Å². The Balaban J connectivity index is 2.29. The van der Waals surface area contributed by atoms with Gasteiger partial charge in [-0.3, -0.25) is 4.79 Å². The Morgan fingerprint density at radius 1 is 1.10 bits per heavy atom. The van der Waals surface area contributed by atoms with Crippen molar-refractivity contribution in [1.82, 2.24) is 0 Å². The molecule has 20 heavy (non-hydrogen) atoms. The van der Waals surface area contributed by atoms with E-state index < -0.39 is 23.6 Å². The van der Waals surface area contributed by atoms with Gasteiger partial charge in [-0.15, -0.1) is 0 Å². The van der Waals surface area contributed by atoms with Crippen molar-refractivity contribution in [3.05, 3.63) is 64.1 Å². The third-order valence-corrected chi connectivity index (χ3v) is 3.25.